The number of hydrogen-bond donors (Lipinski definition) is 1. The smallest absolute Gasteiger partial charge is 0.307 e. The first kappa shape index (κ1) is 15.7. The van der Waals surface area contributed by atoms with Crippen molar-refractivity contribution in [2.75, 3.05) is 7.11 Å². The van der Waals surface area contributed by atoms with E-state index in [1.54, 1.807) is 18.3 Å². The lowest BCUT2D eigenvalue weighted by atomic mass is 9.98. The zero-order valence-corrected chi connectivity index (χ0v) is 12.6. The second-order valence-electron chi connectivity index (χ2n) is 4.90. The number of ether oxygens (including phenoxy) is 1. The molecule has 0 saturated heterocycles. The molecule has 1 heterocycles. The summed E-state index contributed by atoms with van der Waals surface area (Å²) in [4.78, 5) is 27.9. The summed E-state index contributed by atoms with van der Waals surface area (Å²) < 4.78 is 4.73. The average molecular weight is 298 g/mol. The maximum atomic E-state index is 12.3. The third kappa shape index (κ3) is 3.91. The van der Waals surface area contributed by atoms with Gasteiger partial charge in [-0.05, 0) is 30.2 Å². The average Bonchev–Trinajstić information content (AvgIpc) is 2.55. The summed E-state index contributed by atoms with van der Waals surface area (Å²) in [5.74, 6) is -0.648. The van der Waals surface area contributed by atoms with E-state index in [4.69, 9.17) is 4.74 Å². The highest BCUT2D eigenvalue weighted by atomic mass is 16.5. The normalized spacial score (nSPS) is 11.5. The van der Waals surface area contributed by atoms with Crippen LogP contribution in [0.15, 0.2) is 48.8 Å². The number of amides is 1. The van der Waals surface area contributed by atoms with Crippen molar-refractivity contribution in [1.29, 1.82) is 0 Å². The Hall–Kier alpha value is -2.69. The van der Waals surface area contributed by atoms with Crippen molar-refractivity contribution in [3.8, 4) is 0 Å². The molecule has 1 amide bonds. The minimum Gasteiger partial charge on any atom is -0.469 e. The van der Waals surface area contributed by atoms with Gasteiger partial charge in [0, 0.05) is 12.4 Å². The van der Waals surface area contributed by atoms with Gasteiger partial charge in [0.1, 0.15) is 0 Å². The van der Waals surface area contributed by atoms with Crippen LogP contribution in [0, 0.1) is 6.92 Å². The van der Waals surface area contributed by atoms with Crippen LogP contribution in [0.3, 0.4) is 0 Å². The van der Waals surface area contributed by atoms with Crippen molar-refractivity contribution in [2.45, 2.75) is 19.4 Å². The lowest BCUT2D eigenvalue weighted by Crippen LogP contribution is -2.31. The predicted molar refractivity (Wildman–Crippen MR) is 82.3 cm³/mol. The number of pyridine rings is 1. The Balaban J connectivity index is 2.23. The van der Waals surface area contributed by atoms with Crippen LogP contribution >= 0.6 is 0 Å². The number of aromatic nitrogens is 1. The van der Waals surface area contributed by atoms with Crippen molar-refractivity contribution < 1.29 is 14.3 Å². The molecule has 0 aliphatic rings. The minimum atomic E-state index is -0.443. The molecule has 1 aromatic heterocycles. The molecular weight excluding hydrogens is 280 g/mol. The highest BCUT2D eigenvalue weighted by molar-refractivity contribution is 5.94. The predicted octanol–water partition coefficient (Wildman–Crippen LogP) is 2.42. The number of carbonyl (C=O) groups excluding carboxylic acids is 2. The molecule has 5 nitrogen and oxygen atoms in total. The quantitative estimate of drug-likeness (QED) is 0.861. The second-order valence-corrected chi connectivity index (χ2v) is 4.90. The fraction of sp³-hybridized carbons (Fsp3) is 0.235. The minimum absolute atomic E-state index is 0.0767. The zero-order valence-electron chi connectivity index (χ0n) is 12.6. The summed E-state index contributed by atoms with van der Waals surface area (Å²) in [5.41, 5.74) is 2.35. The molecule has 0 radical (unpaired) electrons. The molecule has 5 heteroatoms. The van der Waals surface area contributed by atoms with E-state index in [0.717, 1.165) is 11.1 Å². The van der Waals surface area contributed by atoms with Crippen LogP contribution in [-0.2, 0) is 9.53 Å². The number of benzene rings is 1. The van der Waals surface area contributed by atoms with Crippen molar-refractivity contribution in [2.24, 2.45) is 0 Å². The molecule has 2 aromatic rings. The van der Waals surface area contributed by atoms with Crippen LogP contribution in [0.2, 0.25) is 0 Å². The molecule has 114 valence electrons. The monoisotopic (exact) mass is 298 g/mol. The van der Waals surface area contributed by atoms with Crippen LogP contribution in [0.1, 0.15) is 33.9 Å². The largest absolute Gasteiger partial charge is 0.469 e. The van der Waals surface area contributed by atoms with Gasteiger partial charge in [0.15, 0.2) is 0 Å². The van der Waals surface area contributed by atoms with Gasteiger partial charge in [0.25, 0.3) is 5.91 Å². The zero-order chi connectivity index (χ0) is 15.9. The molecule has 22 heavy (non-hydrogen) atoms. The number of hydrogen-bond acceptors (Lipinski definition) is 4. The van der Waals surface area contributed by atoms with Crippen molar-refractivity contribution >= 4 is 11.9 Å². The summed E-state index contributed by atoms with van der Waals surface area (Å²) in [6, 6.07) is 10.6. The summed E-state index contributed by atoms with van der Waals surface area (Å²) >= 11 is 0. The Kier molecular flexibility index (Phi) is 5.25. The first-order chi connectivity index (χ1) is 10.6. The third-order valence-corrected chi connectivity index (χ3v) is 3.39. The number of methoxy groups -OCH3 is 1. The van der Waals surface area contributed by atoms with Gasteiger partial charge in [-0.25, -0.2) is 0 Å². The van der Waals surface area contributed by atoms with E-state index in [1.165, 1.54) is 13.3 Å². The maximum Gasteiger partial charge on any atom is 0.307 e. The van der Waals surface area contributed by atoms with Gasteiger partial charge in [-0.3, -0.25) is 14.6 Å². The van der Waals surface area contributed by atoms with E-state index in [9.17, 15) is 9.59 Å². The molecule has 2 rings (SSSR count). The molecular formula is C17H18N2O3. The molecule has 0 fully saturated rings. The highest BCUT2D eigenvalue weighted by Gasteiger charge is 2.21. The lowest BCUT2D eigenvalue weighted by Gasteiger charge is -2.20. The molecule has 0 bridgehead atoms. The molecule has 1 unspecified atom stereocenters. The van der Waals surface area contributed by atoms with Gasteiger partial charge in [-0.2, -0.15) is 0 Å². The molecule has 1 aromatic carbocycles. The summed E-state index contributed by atoms with van der Waals surface area (Å²) in [5, 5.41) is 2.88. The van der Waals surface area contributed by atoms with Gasteiger partial charge in [0.05, 0.1) is 25.1 Å². The maximum absolute atomic E-state index is 12.3. The van der Waals surface area contributed by atoms with Crippen molar-refractivity contribution in [3.05, 3.63) is 65.5 Å². The highest BCUT2D eigenvalue weighted by Crippen LogP contribution is 2.21. The number of aryl methyl sites for hydroxylation is 1. The summed E-state index contributed by atoms with van der Waals surface area (Å²) in [6.07, 6.45) is 3.17. The number of rotatable bonds is 5. The fourth-order valence-electron chi connectivity index (χ4n) is 2.21. The van der Waals surface area contributed by atoms with Gasteiger partial charge < -0.3 is 10.1 Å². The first-order valence-corrected chi connectivity index (χ1v) is 6.95. The number of nitrogens with zero attached hydrogens (tertiary/aromatic N) is 1. The van der Waals surface area contributed by atoms with Crippen molar-refractivity contribution in [3.63, 3.8) is 0 Å². The number of carbonyl (C=O) groups is 2. The summed E-state index contributed by atoms with van der Waals surface area (Å²) in [7, 11) is 1.33. The Bertz CT molecular complexity index is 656. The van der Waals surface area contributed by atoms with Crippen LogP contribution < -0.4 is 5.32 Å². The Morgan fingerprint density at radius 2 is 2.00 bits per heavy atom. The molecule has 0 saturated carbocycles. The number of esters is 1. The standard InChI is InChI=1S/C17H18N2O3/c1-12-6-3-4-8-14(12)15(10-16(20)22-2)19-17(21)13-7-5-9-18-11-13/h3-9,11,15H,10H2,1-2H3,(H,19,21). The molecule has 0 aliphatic heterocycles. The van der Waals surface area contributed by atoms with Gasteiger partial charge in [-0.15, -0.1) is 0 Å². The van der Waals surface area contributed by atoms with E-state index in [1.807, 2.05) is 31.2 Å². The Labute approximate surface area is 129 Å². The molecule has 0 aliphatic carbocycles. The van der Waals surface area contributed by atoms with E-state index in [-0.39, 0.29) is 18.3 Å². The van der Waals surface area contributed by atoms with Crippen LogP contribution in [0.5, 0.6) is 0 Å². The Morgan fingerprint density at radius 3 is 2.64 bits per heavy atom. The molecule has 1 N–H and O–H groups in total. The SMILES string of the molecule is COC(=O)CC(NC(=O)c1cccnc1)c1ccccc1C. The van der Waals surface area contributed by atoms with Crippen molar-refractivity contribution in [1.82, 2.24) is 10.3 Å². The van der Waals surface area contributed by atoms with Gasteiger partial charge in [0.2, 0.25) is 0 Å². The van der Waals surface area contributed by atoms with E-state index in [2.05, 4.69) is 10.3 Å². The fourth-order valence-corrected chi connectivity index (χ4v) is 2.21. The summed E-state index contributed by atoms with van der Waals surface area (Å²) in [6.45, 7) is 1.94. The topological polar surface area (TPSA) is 68.3 Å². The lowest BCUT2D eigenvalue weighted by molar-refractivity contribution is -0.141. The Morgan fingerprint density at radius 1 is 1.23 bits per heavy atom. The third-order valence-electron chi connectivity index (χ3n) is 3.39. The molecule has 0 spiro atoms. The van der Waals surface area contributed by atoms with E-state index >= 15 is 0 Å². The number of nitrogens with one attached hydrogen (secondary N) is 1. The van der Waals surface area contributed by atoms with Gasteiger partial charge >= 0.3 is 5.97 Å². The molecule has 1 atom stereocenters. The van der Waals surface area contributed by atoms with Crippen LogP contribution in [0.25, 0.3) is 0 Å². The first-order valence-electron chi connectivity index (χ1n) is 6.95. The van der Waals surface area contributed by atoms with Crippen LogP contribution in [0.4, 0.5) is 0 Å². The van der Waals surface area contributed by atoms with E-state index in [0.29, 0.717) is 5.56 Å². The van der Waals surface area contributed by atoms with Gasteiger partial charge in [-0.1, -0.05) is 24.3 Å². The second kappa shape index (κ2) is 7.36. The van der Waals surface area contributed by atoms with E-state index < -0.39 is 6.04 Å². The van der Waals surface area contributed by atoms with Crippen LogP contribution in [-0.4, -0.2) is 24.0 Å².